The number of benzene rings is 1. The summed E-state index contributed by atoms with van der Waals surface area (Å²) in [5, 5.41) is 3.08. The van der Waals surface area contributed by atoms with Crippen molar-refractivity contribution < 1.29 is 4.79 Å². The van der Waals surface area contributed by atoms with Gasteiger partial charge in [0, 0.05) is 31.4 Å². The SMILES string of the molecule is CN(C)c1ccc(NC(=O)C2CC3CCC2C3)cc1. The maximum atomic E-state index is 12.3. The maximum absolute atomic E-state index is 12.3. The van der Waals surface area contributed by atoms with Crippen LogP contribution in [-0.2, 0) is 4.79 Å². The minimum atomic E-state index is 0.227. The first-order chi connectivity index (χ1) is 9.13. The summed E-state index contributed by atoms with van der Waals surface area (Å²) in [5.74, 6) is 1.94. The lowest BCUT2D eigenvalue weighted by atomic mass is 9.88. The van der Waals surface area contributed by atoms with Gasteiger partial charge in [0.05, 0.1) is 0 Å². The fourth-order valence-corrected chi connectivity index (χ4v) is 3.64. The molecule has 1 aromatic carbocycles. The number of amides is 1. The molecule has 0 radical (unpaired) electrons. The van der Waals surface area contributed by atoms with E-state index in [1.807, 2.05) is 38.4 Å². The van der Waals surface area contributed by atoms with Crippen molar-refractivity contribution in [3.8, 4) is 0 Å². The Morgan fingerprint density at radius 3 is 2.42 bits per heavy atom. The van der Waals surface area contributed by atoms with Gasteiger partial charge >= 0.3 is 0 Å². The Kier molecular flexibility index (Phi) is 3.21. The zero-order chi connectivity index (χ0) is 13.4. The molecule has 2 saturated carbocycles. The Morgan fingerprint density at radius 1 is 1.16 bits per heavy atom. The summed E-state index contributed by atoms with van der Waals surface area (Å²) in [4.78, 5) is 14.4. The van der Waals surface area contributed by atoms with E-state index in [0.717, 1.165) is 23.7 Å². The molecule has 3 heteroatoms. The molecule has 1 N–H and O–H groups in total. The first kappa shape index (κ1) is 12.5. The number of nitrogens with zero attached hydrogens (tertiary/aromatic N) is 1. The second kappa shape index (κ2) is 4.87. The fourth-order valence-electron chi connectivity index (χ4n) is 3.64. The van der Waals surface area contributed by atoms with Crippen molar-refractivity contribution in [3.63, 3.8) is 0 Å². The van der Waals surface area contributed by atoms with Gasteiger partial charge in [-0.05, 0) is 55.4 Å². The van der Waals surface area contributed by atoms with E-state index in [9.17, 15) is 4.79 Å². The Labute approximate surface area is 115 Å². The van der Waals surface area contributed by atoms with Gasteiger partial charge in [-0.15, -0.1) is 0 Å². The summed E-state index contributed by atoms with van der Waals surface area (Å²) in [5.41, 5.74) is 2.07. The topological polar surface area (TPSA) is 32.3 Å². The molecule has 3 unspecified atom stereocenters. The van der Waals surface area contributed by atoms with Gasteiger partial charge in [-0.3, -0.25) is 4.79 Å². The van der Waals surface area contributed by atoms with Gasteiger partial charge in [0.2, 0.25) is 5.91 Å². The third-order valence-corrected chi connectivity index (χ3v) is 4.73. The molecule has 1 aromatic rings. The van der Waals surface area contributed by atoms with Crippen LogP contribution in [0.4, 0.5) is 11.4 Å². The molecule has 1 amide bonds. The van der Waals surface area contributed by atoms with Gasteiger partial charge in [0.25, 0.3) is 0 Å². The summed E-state index contributed by atoms with van der Waals surface area (Å²) in [6.07, 6.45) is 4.97. The van der Waals surface area contributed by atoms with Crippen molar-refractivity contribution in [2.45, 2.75) is 25.7 Å². The summed E-state index contributed by atoms with van der Waals surface area (Å²) in [7, 11) is 4.03. The van der Waals surface area contributed by atoms with E-state index in [4.69, 9.17) is 0 Å². The van der Waals surface area contributed by atoms with E-state index in [-0.39, 0.29) is 11.8 Å². The van der Waals surface area contributed by atoms with Crippen molar-refractivity contribution in [2.24, 2.45) is 17.8 Å². The number of nitrogens with one attached hydrogen (secondary N) is 1. The molecule has 0 spiro atoms. The molecular formula is C16H22N2O. The van der Waals surface area contributed by atoms with Crippen LogP contribution >= 0.6 is 0 Å². The van der Waals surface area contributed by atoms with Crippen LogP contribution in [0.5, 0.6) is 0 Å². The van der Waals surface area contributed by atoms with Crippen LogP contribution in [0, 0.1) is 17.8 Å². The summed E-state index contributed by atoms with van der Waals surface area (Å²) in [6, 6.07) is 8.05. The Hall–Kier alpha value is -1.51. The molecule has 3 rings (SSSR count). The highest BCUT2D eigenvalue weighted by Crippen LogP contribution is 2.48. The van der Waals surface area contributed by atoms with Gasteiger partial charge < -0.3 is 10.2 Å². The van der Waals surface area contributed by atoms with E-state index < -0.39 is 0 Å². The Morgan fingerprint density at radius 2 is 1.89 bits per heavy atom. The van der Waals surface area contributed by atoms with Crippen LogP contribution < -0.4 is 10.2 Å². The van der Waals surface area contributed by atoms with Crippen molar-refractivity contribution in [1.82, 2.24) is 0 Å². The van der Waals surface area contributed by atoms with Crippen molar-refractivity contribution in [2.75, 3.05) is 24.3 Å². The van der Waals surface area contributed by atoms with E-state index in [0.29, 0.717) is 5.92 Å². The van der Waals surface area contributed by atoms with Crippen LogP contribution in [0.15, 0.2) is 24.3 Å². The van der Waals surface area contributed by atoms with Crippen molar-refractivity contribution in [3.05, 3.63) is 24.3 Å². The highest BCUT2D eigenvalue weighted by molar-refractivity contribution is 5.93. The van der Waals surface area contributed by atoms with Crippen LogP contribution in [0.2, 0.25) is 0 Å². The lowest BCUT2D eigenvalue weighted by Gasteiger charge is -2.21. The molecule has 0 heterocycles. The predicted molar refractivity (Wildman–Crippen MR) is 78.3 cm³/mol. The summed E-state index contributed by atoms with van der Waals surface area (Å²) >= 11 is 0. The molecule has 19 heavy (non-hydrogen) atoms. The van der Waals surface area contributed by atoms with Gasteiger partial charge in [-0.1, -0.05) is 6.42 Å². The maximum Gasteiger partial charge on any atom is 0.227 e. The van der Waals surface area contributed by atoms with Crippen LogP contribution in [0.25, 0.3) is 0 Å². The zero-order valence-corrected chi connectivity index (χ0v) is 11.7. The van der Waals surface area contributed by atoms with E-state index in [2.05, 4.69) is 10.2 Å². The number of carbonyl (C=O) groups is 1. The summed E-state index contributed by atoms with van der Waals surface area (Å²) in [6.45, 7) is 0. The molecule has 2 bridgehead atoms. The number of fused-ring (bicyclic) bond motifs is 2. The normalized spacial score (nSPS) is 28.4. The first-order valence-corrected chi connectivity index (χ1v) is 7.22. The first-order valence-electron chi connectivity index (χ1n) is 7.22. The quantitative estimate of drug-likeness (QED) is 0.903. The number of carbonyl (C=O) groups excluding carboxylic acids is 1. The molecule has 2 fully saturated rings. The van der Waals surface area contributed by atoms with E-state index >= 15 is 0 Å². The molecule has 0 saturated heterocycles. The van der Waals surface area contributed by atoms with Crippen molar-refractivity contribution in [1.29, 1.82) is 0 Å². The minimum Gasteiger partial charge on any atom is -0.378 e. The smallest absolute Gasteiger partial charge is 0.227 e. The lowest BCUT2D eigenvalue weighted by molar-refractivity contribution is -0.121. The van der Waals surface area contributed by atoms with Gasteiger partial charge in [-0.25, -0.2) is 0 Å². The average molecular weight is 258 g/mol. The molecule has 102 valence electrons. The molecule has 2 aliphatic rings. The molecule has 3 atom stereocenters. The zero-order valence-electron chi connectivity index (χ0n) is 11.7. The van der Waals surface area contributed by atoms with Crippen LogP contribution in [0.3, 0.4) is 0 Å². The average Bonchev–Trinajstić information content (AvgIpc) is 3.01. The largest absolute Gasteiger partial charge is 0.378 e. The van der Waals surface area contributed by atoms with Gasteiger partial charge in [0.15, 0.2) is 0 Å². The third kappa shape index (κ3) is 2.46. The molecule has 2 aliphatic carbocycles. The summed E-state index contributed by atoms with van der Waals surface area (Å²) < 4.78 is 0. The van der Waals surface area contributed by atoms with E-state index in [1.54, 1.807) is 0 Å². The van der Waals surface area contributed by atoms with Crippen molar-refractivity contribution >= 4 is 17.3 Å². The standard InChI is InChI=1S/C16H22N2O/c1-18(2)14-7-5-13(6-8-14)17-16(19)15-10-11-3-4-12(15)9-11/h5-8,11-12,15H,3-4,9-10H2,1-2H3,(H,17,19). The highest BCUT2D eigenvalue weighted by atomic mass is 16.1. The monoisotopic (exact) mass is 258 g/mol. The second-order valence-corrected chi connectivity index (χ2v) is 6.21. The highest BCUT2D eigenvalue weighted by Gasteiger charge is 2.42. The Balaban J connectivity index is 1.63. The second-order valence-electron chi connectivity index (χ2n) is 6.21. The lowest BCUT2D eigenvalue weighted by Crippen LogP contribution is -2.27. The minimum absolute atomic E-state index is 0.227. The van der Waals surface area contributed by atoms with E-state index in [1.165, 1.54) is 19.3 Å². The van der Waals surface area contributed by atoms with Gasteiger partial charge in [-0.2, -0.15) is 0 Å². The van der Waals surface area contributed by atoms with Gasteiger partial charge in [0.1, 0.15) is 0 Å². The number of hydrogen-bond donors (Lipinski definition) is 1. The number of anilines is 2. The third-order valence-electron chi connectivity index (χ3n) is 4.73. The number of hydrogen-bond acceptors (Lipinski definition) is 2. The molecule has 0 aliphatic heterocycles. The Bertz CT molecular complexity index is 466. The predicted octanol–water partition coefficient (Wildman–Crippen LogP) is 3.13. The molecule has 3 nitrogen and oxygen atoms in total. The van der Waals surface area contributed by atoms with Crippen LogP contribution in [-0.4, -0.2) is 20.0 Å². The van der Waals surface area contributed by atoms with Crippen LogP contribution in [0.1, 0.15) is 25.7 Å². The fraction of sp³-hybridized carbons (Fsp3) is 0.562. The molecule has 0 aromatic heterocycles. The number of rotatable bonds is 3. The molecular weight excluding hydrogens is 236 g/mol.